The summed E-state index contributed by atoms with van der Waals surface area (Å²) in [5.74, 6) is -1.46. The molecule has 0 radical (unpaired) electrons. The van der Waals surface area contributed by atoms with Crippen molar-refractivity contribution in [2.45, 2.75) is 12.3 Å². The molecule has 1 atom stereocenters. The van der Waals surface area contributed by atoms with Crippen LogP contribution < -0.4 is 5.32 Å². The van der Waals surface area contributed by atoms with Gasteiger partial charge in [-0.2, -0.15) is 0 Å². The summed E-state index contributed by atoms with van der Waals surface area (Å²) in [6.07, 6.45) is 0.689. The molecule has 0 spiro atoms. The molecule has 0 heterocycles. The molecular weight excluding hydrogens is 334 g/mol. The number of carbonyl (C=O) groups excluding carboxylic acids is 1. The number of carboxylic acids is 1. The Morgan fingerprint density at radius 2 is 1.90 bits per heavy atom. The summed E-state index contributed by atoms with van der Waals surface area (Å²) in [4.78, 5) is 23.6. The van der Waals surface area contributed by atoms with E-state index in [0.29, 0.717) is 16.6 Å². The SMILES string of the molecule is O=C(O)c1cccc(Br)c1NC(=O)C1Cc2ccccc21. The highest BCUT2D eigenvalue weighted by molar-refractivity contribution is 9.10. The molecule has 0 saturated heterocycles. The average Bonchev–Trinajstić information content (AvgIpc) is 2.42. The number of fused-ring (bicyclic) bond motifs is 1. The number of benzene rings is 2. The van der Waals surface area contributed by atoms with Crippen molar-refractivity contribution in [1.82, 2.24) is 0 Å². The fourth-order valence-corrected chi connectivity index (χ4v) is 3.00. The number of amides is 1. The molecule has 0 aromatic heterocycles. The predicted molar refractivity (Wildman–Crippen MR) is 82.6 cm³/mol. The Labute approximate surface area is 129 Å². The third kappa shape index (κ3) is 2.45. The Bertz CT molecular complexity index is 742. The summed E-state index contributed by atoms with van der Waals surface area (Å²) in [7, 11) is 0. The van der Waals surface area contributed by atoms with E-state index < -0.39 is 5.97 Å². The van der Waals surface area contributed by atoms with Gasteiger partial charge in [-0.1, -0.05) is 30.3 Å². The van der Waals surface area contributed by atoms with E-state index in [2.05, 4.69) is 21.2 Å². The van der Waals surface area contributed by atoms with E-state index in [1.165, 1.54) is 11.6 Å². The number of carbonyl (C=O) groups is 2. The number of rotatable bonds is 3. The molecule has 21 heavy (non-hydrogen) atoms. The van der Waals surface area contributed by atoms with E-state index in [0.717, 1.165) is 5.56 Å². The molecule has 0 aliphatic heterocycles. The Hall–Kier alpha value is -2.14. The van der Waals surface area contributed by atoms with Crippen molar-refractivity contribution in [3.8, 4) is 0 Å². The zero-order valence-corrected chi connectivity index (χ0v) is 12.6. The minimum absolute atomic E-state index is 0.0744. The lowest BCUT2D eigenvalue weighted by atomic mass is 9.77. The molecular formula is C16H12BrNO3. The Morgan fingerprint density at radius 3 is 2.62 bits per heavy atom. The molecule has 0 bridgehead atoms. The zero-order valence-electron chi connectivity index (χ0n) is 11.0. The Balaban J connectivity index is 1.86. The van der Waals surface area contributed by atoms with Gasteiger partial charge >= 0.3 is 5.97 Å². The molecule has 1 amide bonds. The van der Waals surface area contributed by atoms with Crippen molar-refractivity contribution in [1.29, 1.82) is 0 Å². The molecule has 2 aromatic rings. The minimum Gasteiger partial charge on any atom is -0.478 e. The maximum Gasteiger partial charge on any atom is 0.337 e. The van der Waals surface area contributed by atoms with Crippen LogP contribution in [0.2, 0.25) is 0 Å². The van der Waals surface area contributed by atoms with Gasteiger partial charge in [-0.3, -0.25) is 4.79 Å². The van der Waals surface area contributed by atoms with E-state index in [9.17, 15) is 14.7 Å². The maximum atomic E-state index is 12.4. The number of carboxylic acid groups (broad SMARTS) is 1. The molecule has 0 saturated carbocycles. The van der Waals surface area contributed by atoms with Gasteiger partial charge in [0, 0.05) is 4.47 Å². The van der Waals surface area contributed by atoms with Crippen LogP contribution in [0.5, 0.6) is 0 Å². The van der Waals surface area contributed by atoms with Crippen molar-refractivity contribution in [2.75, 3.05) is 5.32 Å². The highest BCUT2D eigenvalue weighted by Crippen LogP contribution is 2.36. The summed E-state index contributed by atoms with van der Waals surface area (Å²) in [5, 5.41) is 11.9. The summed E-state index contributed by atoms with van der Waals surface area (Å²) in [6, 6.07) is 12.6. The number of hydrogen-bond donors (Lipinski definition) is 2. The summed E-state index contributed by atoms with van der Waals surface area (Å²) < 4.78 is 0.559. The van der Waals surface area contributed by atoms with Crippen molar-refractivity contribution in [2.24, 2.45) is 0 Å². The van der Waals surface area contributed by atoms with Gasteiger partial charge in [0.1, 0.15) is 0 Å². The van der Waals surface area contributed by atoms with Crippen LogP contribution in [-0.2, 0) is 11.2 Å². The van der Waals surface area contributed by atoms with Gasteiger partial charge in [0.15, 0.2) is 0 Å². The second kappa shape index (κ2) is 5.33. The topological polar surface area (TPSA) is 66.4 Å². The van der Waals surface area contributed by atoms with E-state index in [1.807, 2.05) is 24.3 Å². The lowest BCUT2D eigenvalue weighted by molar-refractivity contribution is -0.118. The van der Waals surface area contributed by atoms with E-state index in [-0.39, 0.29) is 17.4 Å². The first-order valence-corrected chi connectivity index (χ1v) is 7.27. The monoisotopic (exact) mass is 345 g/mol. The van der Waals surface area contributed by atoms with Crippen LogP contribution in [0.25, 0.3) is 0 Å². The first-order chi connectivity index (χ1) is 10.1. The highest BCUT2D eigenvalue weighted by Gasteiger charge is 2.32. The largest absolute Gasteiger partial charge is 0.478 e. The number of halogens is 1. The first-order valence-electron chi connectivity index (χ1n) is 6.48. The van der Waals surface area contributed by atoms with Crippen LogP contribution in [0.3, 0.4) is 0 Å². The van der Waals surface area contributed by atoms with Gasteiger partial charge in [-0.25, -0.2) is 4.79 Å². The fraction of sp³-hybridized carbons (Fsp3) is 0.125. The van der Waals surface area contributed by atoms with Gasteiger partial charge in [-0.05, 0) is 45.6 Å². The molecule has 4 nitrogen and oxygen atoms in total. The maximum absolute atomic E-state index is 12.4. The van der Waals surface area contributed by atoms with Crippen LogP contribution in [-0.4, -0.2) is 17.0 Å². The van der Waals surface area contributed by atoms with Crippen molar-refractivity contribution >= 4 is 33.5 Å². The van der Waals surface area contributed by atoms with Crippen molar-refractivity contribution < 1.29 is 14.7 Å². The number of nitrogens with one attached hydrogen (secondary N) is 1. The highest BCUT2D eigenvalue weighted by atomic mass is 79.9. The molecule has 3 rings (SSSR count). The van der Waals surface area contributed by atoms with Crippen LogP contribution in [0, 0.1) is 0 Å². The van der Waals surface area contributed by atoms with Gasteiger partial charge in [0.05, 0.1) is 17.2 Å². The van der Waals surface area contributed by atoms with E-state index in [4.69, 9.17) is 0 Å². The predicted octanol–water partition coefficient (Wildman–Crippen LogP) is 3.43. The third-order valence-corrected chi connectivity index (χ3v) is 4.32. The minimum atomic E-state index is -1.07. The normalized spacial score (nSPS) is 15.8. The average molecular weight is 346 g/mol. The number of anilines is 1. The lowest BCUT2D eigenvalue weighted by Crippen LogP contribution is -2.30. The quantitative estimate of drug-likeness (QED) is 0.895. The van der Waals surface area contributed by atoms with Gasteiger partial charge < -0.3 is 10.4 Å². The number of aromatic carboxylic acids is 1. The molecule has 0 fully saturated rings. The van der Waals surface area contributed by atoms with E-state index in [1.54, 1.807) is 12.1 Å². The summed E-state index contributed by atoms with van der Waals surface area (Å²) >= 11 is 3.29. The molecule has 2 aromatic carbocycles. The smallest absolute Gasteiger partial charge is 0.337 e. The molecule has 1 unspecified atom stereocenters. The molecule has 106 valence electrons. The summed E-state index contributed by atoms with van der Waals surface area (Å²) in [5.41, 5.74) is 2.56. The van der Waals surface area contributed by atoms with Gasteiger partial charge in [-0.15, -0.1) is 0 Å². The molecule has 1 aliphatic rings. The zero-order chi connectivity index (χ0) is 15.0. The fourth-order valence-electron chi connectivity index (χ4n) is 2.53. The van der Waals surface area contributed by atoms with Crippen LogP contribution in [0.1, 0.15) is 27.4 Å². The lowest BCUT2D eigenvalue weighted by Gasteiger charge is -2.29. The Kier molecular flexibility index (Phi) is 3.51. The standard InChI is InChI=1S/C16H12BrNO3/c17-13-7-3-6-11(16(20)21)14(13)18-15(19)12-8-9-4-1-2-5-10(9)12/h1-7,12H,8H2,(H,18,19)(H,20,21). The second-order valence-electron chi connectivity index (χ2n) is 4.91. The second-order valence-corrected chi connectivity index (χ2v) is 5.77. The first kappa shape index (κ1) is 13.8. The van der Waals surface area contributed by atoms with Crippen LogP contribution in [0.4, 0.5) is 5.69 Å². The van der Waals surface area contributed by atoms with Gasteiger partial charge in [0.2, 0.25) is 5.91 Å². The van der Waals surface area contributed by atoms with Gasteiger partial charge in [0.25, 0.3) is 0 Å². The van der Waals surface area contributed by atoms with E-state index >= 15 is 0 Å². The van der Waals surface area contributed by atoms with Crippen LogP contribution >= 0.6 is 15.9 Å². The van der Waals surface area contributed by atoms with Crippen molar-refractivity contribution in [3.63, 3.8) is 0 Å². The third-order valence-electron chi connectivity index (χ3n) is 3.66. The molecule has 5 heteroatoms. The van der Waals surface area contributed by atoms with Crippen molar-refractivity contribution in [3.05, 3.63) is 63.6 Å². The number of para-hydroxylation sites is 1. The molecule has 1 aliphatic carbocycles. The van der Waals surface area contributed by atoms with Crippen LogP contribution in [0.15, 0.2) is 46.9 Å². The molecule has 2 N–H and O–H groups in total. The Morgan fingerprint density at radius 1 is 1.14 bits per heavy atom. The summed E-state index contributed by atoms with van der Waals surface area (Å²) in [6.45, 7) is 0. The number of hydrogen-bond acceptors (Lipinski definition) is 2.